The van der Waals surface area contributed by atoms with Crippen LogP contribution in [0, 0.1) is 6.92 Å². The minimum atomic E-state index is -3.75. The van der Waals surface area contributed by atoms with Crippen molar-refractivity contribution in [3.8, 4) is 0 Å². The van der Waals surface area contributed by atoms with Gasteiger partial charge in [-0.05, 0) is 48.9 Å². The Morgan fingerprint density at radius 3 is 2.19 bits per heavy atom. The van der Waals surface area contributed by atoms with Gasteiger partial charge >= 0.3 is 0 Å². The number of piperazine rings is 1. The van der Waals surface area contributed by atoms with Gasteiger partial charge in [0, 0.05) is 37.6 Å². The molecular formula is C21H27N3O5S2. The molecule has 0 aliphatic carbocycles. The number of hydrogen-bond acceptors (Lipinski definition) is 6. The van der Waals surface area contributed by atoms with Crippen LogP contribution in [0.4, 0.5) is 11.4 Å². The highest BCUT2D eigenvalue weighted by Crippen LogP contribution is 2.19. The number of sulfonamides is 1. The highest BCUT2D eigenvalue weighted by molar-refractivity contribution is 7.91. The first-order valence-corrected chi connectivity index (χ1v) is 13.3. The lowest BCUT2D eigenvalue weighted by atomic mass is 10.2. The molecule has 2 aromatic carbocycles. The molecule has 3 rings (SSSR count). The smallest absolute Gasteiger partial charge is 0.241 e. The minimum Gasteiger partial charge on any atom is -0.369 e. The van der Waals surface area contributed by atoms with Gasteiger partial charge in [-0.3, -0.25) is 4.79 Å². The summed E-state index contributed by atoms with van der Waals surface area (Å²) in [6.45, 7) is 5.30. The molecule has 0 bridgehead atoms. The number of aryl methyl sites for hydroxylation is 1. The molecule has 8 nitrogen and oxygen atoms in total. The first kappa shape index (κ1) is 23.2. The zero-order chi connectivity index (χ0) is 22.6. The van der Waals surface area contributed by atoms with E-state index in [1.807, 2.05) is 25.1 Å². The maximum atomic E-state index is 12.7. The zero-order valence-electron chi connectivity index (χ0n) is 17.6. The maximum absolute atomic E-state index is 12.7. The third kappa shape index (κ3) is 5.84. The average Bonchev–Trinajstić information content (AvgIpc) is 2.74. The highest BCUT2D eigenvalue weighted by Gasteiger charge is 2.29. The summed E-state index contributed by atoms with van der Waals surface area (Å²) in [5, 5.41) is 2.52. The quantitative estimate of drug-likeness (QED) is 0.670. The Labute approximate surface area is 183 Å². The molecule has 0 saturated carbocycles. The van der Waals surface area contributed by atoms with Crippen LogP contribution in [0.2, 0.25) is 0 Å². The summed E-state index contributed by atoms with van der Waals surface area (Å²) < 4.78 is 50.4. The first-order chi connectivity index (χ1) is 14.6. The van der Waals surface area contributed by atoms with Gasteiger partial charge in [-0.15, -0.1) is 0 Å². The predicted octanol–water partition coefficient (Wildman–Crippen LogP) is 1.88. The van der Waals surface area contributed by atoms with E-state index in [4.69, 9.17) is 0 Å². The van der Waals surface area contributed by atoms with Crippen molar-refractivity contribution < 1.29 is 21.6 Å². The minimum absolute atomic E-state index is 0.0197. The SMILES string of the molecule is CCS(=O)(=O)c1ccc(NC(=O)CS(=O)(=O)N2CCN(c3cccc(C)c3)CC2)cc1. The van der Waals surface area contributed by atoms with Crippen molar-refractivity contribution in [3.05, 3.63) is 54.1 Å². The molecule has 0 aromatic heterocycles. The van der Waals surface area contributed by atoms with Gasteiger partial charge in [-0.1, -0.05) is 19.1 Å². The molecule has 1 heterocycles. The lowest BCUT2D eigenvalue weighted by Crippen LogP contribution is -2.50. The Kier molecular flexibility index (Phi) is 7.03. The summed E-state index contributed by atoms with van der Waals surface area (Å²) in [5.41, 5.74) is 2.55. The molecule has 1 aliphatic rings. The van der Waals surface area contributed by atoms with Crippen molar-refractivity contribution in [1.82, 2.24) is 4.31 Å². The molecule has 2 aromatic rings. The second kappa shape index (κ2) is 9.37. The third-order valence-corrected chi connectivity index (χ3v) is 8.72. The molecule has 1 amide bonds. The molecule has 1 saturated heterocycles. The van der Waals surface area contributed by atoms with Gasteiger partial charge in [-0.25, -0.2) is 16.8 Å². The van der Waals surface area contributed by atoms with E-state index in [2.05, 4.69) is 16.3 Å². The van der Waals surface area contributed by atoms with Gasteiger partial charge in [-0.2, -0.15) is 4.31 Å². The molecule has 10 heteroatoms. The van der Waals surface area contributed by atoms with E-state index < -0.39 is 31.5 Å². The number of carbonyl (C=O) groups is 1. The molecule has 1 aliphatic heterocycles. The summed E-state index contributed by atoms with van der Waals surface area (Å²) in [6, 6.07) is 13.7. The van der Waals surface area contributed by atoms with Gasteiger partial charge in [0.05, 0.1) is 10.6 Å². The molecule has 0 radical (unpaired) electrons. The molecular weight excluding hydrogens is 438 g/mol. The van der Waals surface area contributed by atoms with E-state index in [1.165, 1.54) is 28.6 Å². The van der Waals surface area contributed by atoms with Crippen molar-refractivity contribution >= 4 is 37.1 Å². The molecule has 1 fully saturated rings. The van der Waals surface area contributed by atoms with E-state index in [0.717, 1.165) is 11.3 Å². The molecule has 0 spiro atoms. The van der Waals surface area contributed by atoms with E-state index in [0.29, 0.717) is 31.9 Å². The van der Waals surface area contributed by atoms with Crippen LogP contribution in [0.1, 0.15) is 12.5 Å². The fraction of sp³-hybridized carbons (Fsp3) is 0.381. The molecule has 168 valence electrons. The Bertz CT molecular complexity index is 1140. The van der Waals surface area contributed by atoms with Crippen LogP contribution < -0.4 is 10.2 Å². The summed E-state index contributed by atoms with van der Waals surface area (Å²) >= 11 is 0. The van der Waals surface area contributed by atoms with Gasteiger partial charge in [0.2, 0.25) is 15.9 Å². The van der Waals surface area contributed by atoms with Crippen LogP contribution in [-0.2, 0) is 24.7 Å². The van der Waals surface area contributed by atoms with Crippen LogP contribution >= 0.6 is 0 Å². The Morgan fingerprint density at radius 2 is 1.61 bits per heavy atom. The van der Waals surface area contributed by atoms with Crippen molar-refractivity contribution in [2.75, 3.05) is 47.9 Å². The largest absolute Gasteiger partial charge is 0.369 e. The highest BCUT2D eigenvalue weighted by atomic mass is 32.2. The van der Waals surface area contributed by atoms with Crippen molar-refractivity contribution in [3.63, 3.8) is 0 Å². The summed E-state index contributed by atoms with van der Waals surface area (Å²) in [7, 11) is -7.09. The molecule has 0 atom stereocenters. The number of rotatable bonds is 7. The van der Waals surface area contributed by atoms with Crippen LogP contribution in [0.5, 0.6) is 0 Å². The van der Waals surface area contributed by atoms with Crippen LogP contribution in [0.15, 0.2) is 53.4 Å². The molecule has 1 N–H and O–H groups in total. The summed E-state index contributed by atoms with van der Waals surface area (Å²) in [4.78, 5) is 14.6. The van der Waals surface area contributed by atoms with E-state index in [1.54, 1.807) is 6.92 Å². The molecule has 0 unspecified atom stereocenters. The van der Waals surface area contributed by atoms with Crippen molar-refractivity contribution in [2.45, 2.75) is 18.7 Å². The number of amides is 1. The van der Waals surface area contributed by atoms with E-state index >= 15 is 0 Å². The monoisotopic (exact) mass is 465 g/mol. The normalized spacial score (nSPS) is 15.6. The summed E-state index contributed by atoms with van der Waals surface area (Å²) in [5.74, 6) is -1.34. The summed E-state index contributed by atoms with van der Waals surface area (Å²) in [6.07, 6.45) is 0. The third-order valence-electron chi connectivity index (χ3n) is 5.19. The van der Waals surface area contributed by atoms with E-state index in [9.17, 15) is 21.6 Å². The van der Waals surface area contributed by atoms with Gasteiger partial charge < -0.3 is 10.2 Å². The fourth-order valence-electron chi connectivity index (χ4n) is 3.42. The standard InChI is InChI=1S/C21H27N3O5S2/c1-3-30(26,27)20-9-7-18(8-10-20)22-21(25)16-31(28,29)24-13-11-23(12-14-24)19-6-4-5-17(2)15-19/h4-10,15H,3,11-14,16H2,1-2H3,(H,22,25). The lowest BCUT2D eigenvalue weighted by molar-refractivity contribution is -0.113. The number of sulfone groups is 1. The first-order valence-electron chi connectivity index (χ1n) is 10.0. The van der Waals surface area contributed by atoms with Crippen LogP contribution in [0.25, 0.3) is 0 Å². The van der Waals surface area contributed by atoms with Gasteiger partial charge in [0.1, 0.15) is 5.75 Å². The Balaban J connectivity index is 1.56. The number of hydrogen-bond donors (Lipinski definition) is 1. The fourth-order valence-corrected chi connectivity index (χ4v) is 5.61. The second-order valence-corrected chi connectivity index (χ2v) is 11.7. The number of carbonyl (C=O) groups excluding carboxylic acids is 1. The number of anilines is 2. The van der Waals surface area contributed by atoms with Gasteiger partial charge in [0.15, 0.2) is 9.84 Å². The lowest BCUT2D eigenvalue weighted by Gasteiger charge is -2.35. The average molecular weight is 466 g/mol. The van der Waals surface area contributed by atoms with E-state index in [-0.39, 0.29) is 10.6 Å². The van der Waals surface area contributed by atoms with Crippen LogP contribution in [0.3, 0.4) is 0 Å². The van der Waals surface area contributed by atoms with Crippen molar-refractivity contribution in [1.29, 1.82) is 0 Å². The molecule has 31 heavy (non-hydrogen) atoms. The number of nitrogens with zero attached hydrogens (tertiary/aromatic N) is 2. The topological polar surface area (TPSA) is 104 Å². The number of nitrogens with one attached hydrogen (secondary N) is 1. The Morgan fingerprint density at radius 1 is 0.968 bits per heavy atom. The zero-order valence-corrected chi connectivity index (χ0v) is 19.2. The van der Waals surface area contributed by atoms with Gasteiger partial charge in [0.25, 0.3) is 0 Å². The predicted molar refractivity (Wildman–Crippen MR) is 122 cm³/mol. The second-order valence-electron chi connectivity index (χ2n) is 7.46. The Hall–Kier alpha value is -2.43. The maximum Gasteiger partial charge on any atom is 0.241 e. The van der Waals surface area contributed by atoms with Crippen molar-refractivity contribution in [2.24, 2.45) is 0 Å². The number of benzene rings is 2. The van der Waals surface area contributed by atoms with Crippen LogP contribution in [-0.4, -0.2) is 64.7 Å².